The predicted molar refractivity (Wildman–Crippen MR) is 109 cm³/mol. The quantitative estimate of drug-likeness (QED) is 0.513. The number of carbonyl (C=O) groups excluding carboxylic acids is 1. The second kappa shape index (κ2) is 8.01. The fraction of sp³-hybridized carbons (Fsp3) is 0.0909. The first-order chi connectivity index (χ1) is 13.3. The number of thiazole rings is 1. The SMILES string of the molecule is O=C(Cc1ccc(OCc2ccccc2)cc1)Nc1nc2ccccc2s1. The molecule has 1 N–H and O–H groups in total. The average Bonchev–Trinajstić information content (AvgIpc) is 3.10. The zero-order valence-corrected chi connectivity index (χ0v) is 15.4. The highest BCUT2D eigenvalue weighted by Gasteiger charge is 2.08. The van der Waals surface area contributed by atoms with Crippen LogP contribution in [0.2, 0.25) is 0 Å². The minimum atomic E-state index is -0.0768. The minimum absolute atomic E-state index is 0.0768. The number of hydrogen-bond donors (Lipinski definition) is 1. The second-order valence-electron chi connectivity index (χ2n) is 6.13. The smallest absolute Gasteiger partial charge is 0.230 e. The van der Waals surface area contributed by atoms with Gasteiger partial charge in [0.15, 0.2) is 5.13 Å². The highest BCUT2D eigenvalue weighted by Crippen LogP contribution is 2.25. The maximum atomic E-state index is 12.3. The minimum Gasteiger partial charge on any atom is -0.489 e. The Hall–Kier alpha value is -3.18. The Balaban J connectivity index is 1.32. The van der Waals surface area contributed by atoms with Crippen LogP contribution in [0, 0.1) is 0 Å². The summed E-state index contributed by atoms with van der Waals surface area (Å²) >= 11 is 1.48. The summed E-state index contributed by atoms with van der Waals surface area (Å²) < 4.78 is 6.84. The van der Waals surface area contributed by atoms with E-state index in [1.54, 1.807) is 0 Å². The van der Waals surface area contributed by atoms with Gasteiger partial charge in [-0.05, 0) is 35.4 Å². The van der Waals surface area contributed by atoms with Crippen molar-refractivity contribution in [3.05, 3.63) is 90.0 Å². The van der Waals surface area contributed by atoms with E-state index in [4.69, 9.17) is 4.74 Å². The molecule has 0 aliphatic carbocycles. The molecule has 0 unspecified atom stereocenters. The van der Waals surface area contributed by atoms with Crippen LogP contribution in [0.25, 0.3) is 10.2 Å². The molecule has 0 atom stereocenters. The molecular formula is C22H18N2O2S. The summed E-state index contributed by atoms with van der Waals surface area (Å²) in [6.07, 6.45) is 0.300. The Labute approximate surface area is 161 Å². The zero-order chi connectivity index (χ0) is 18.5. The van der Waals surface area contributed by atoms with Crippen molar-refractivity contribution >= 4 is 32.6 Å². The van der Waals surface area contributed by atoms with Gasteiger partial charge in [-0.3, -0.25) is 4.79 Å². The van der Waals surface area contributed by atoms with Crippen LogP contribution in [-0.4, -0.2) is 10.9 Å². The van der Waals surface area contributed by atoms with E-state index in [0.29, 0.717) is 18.2 Å². The van der Waals surface area contributed by atoms with Crippen LogP contribution >= 0.6 is 11.3 Å². The first-order valence-electron chi connectivity index (χ1n) is 8.67. The van der Waals surface area contributed by atoms with Gasteiger partial charge in [-0.1, -0.05) is 65.9 Å². The molecule has 134 valence electrons. The molecule has 4 nitrogen and oxygen atoms in total. The largest absolute Gasteiger partial charge is 0.489 e. The van der Waals surface area contributed by atoms with E-state index in [9.17, 15) is 4.79 Å². The molecule has 0 fully saturated rings. The summed E-state index contributed by atoms with van der Waals surface area (Å²) in [5.74, 6) is 0.709. The van der Waals surface area contributed by atoms with E-state index in [0.717, 1.165) is 27.1 Å². The molecule has 1 heterocycles. The normalized spacial score (nSPS) is 10.7. The summed E-state index contributed by atoms with van der Waals surface area (Å²) in [4.78, 5) is 16.7. The first kappa shape index (κ1) is 17.2. The molecule has 4 rings (SSSR count). The van der Waals surface area contributed by atoms with Gasteiger partial charge in [0, 0.05) is 0 Å². The number of hydrogen-bond acceptors (Lipinski definition) is 4. The van der Waals surface area contributed by atoms with Crippen LogP contribution in [-0.2, 0) is 17.8 Å². The molecule has 1 aromatic heterocycles. The first-order valence-corrected chi connectivity index (χ1v) is 9.49. The fourth-order valence-electron chi connectivity index (χ4n) is 2.72. The maximum Gasteiger partial charge on any atom is 0.230 e. The van der Waals surface area contributed by atoms with Crippen LogP contribution < -0.4 is 10.1 Å². The van der Waals surface area contributed by atoms with Crippen molar-refractivity contribution in [1.29, 1.82) is 0 Å². The van der Waals surface area contributed by atoms with E-state index in [2.05, 4.69) is 10.3 Å². The fourth-order valence-corrected chi connectivity index (χ4v) is 3.60. The number of nitrogens with one attached hydrogen (secondary N) is 1. The number of anilines is 1. The standard InChI is InChI=1S/C22H18N2O2S/c25-21(24-22-23-19-8-4-5-9-20(19)27-22)14-16-10-12-18(13-11-16)26-15-17-6-2-1-3-7-17/h1-13H,14-15H2,(H,23,24,25). The van der Waals surface area contributed by atoms with Gasteiger partial charge in [0.2, 0.25) is 5.91 Å². The zero-order valence-electron chi connectivity index (χ0n) is 14.6. The lowest BCUT2D eigenvalue weighted by Crippen LogP contribution is -2.14. The average molecular weight is 374 g/mol. The molecule has 3 aromatic carbocycles. The number of rotatable bonds is 6. The van der Waals surface area contributed by atoms with Crippen molar-refractivity contribution in [1.82, 2.24) is 4.98 Å². The molecule has 1 amide bonds. The van der Waals surface area contributed by atoms with Gasteiger partial charge in [-0.15, -0.1) is 0 Å². The van der Waals surface area contributed by atoms with E-state index < -0.39 is 0 Å². The molecule has 5 heteroatoms. The molecular weight excluding hydrogens is 356 g/mol. The molecule has 0 saturated heterocycles. The molecule has 0 aliphatic heterocycles. The van der Waals surface area contributed by atoms with Gasteiger partial charge >= 0.3 is 0 Å². The van der Waals surface area contributed by atoms with E-state index in [1.165, 1.54) is 11.3 Å². The lowest BCUT2D eigenvalue weighted by Gasteiger charge is -2.07. The van der Waals surface area contributed by atoms with E-state index in [-0.39, 0.29) is 5.91 Å². The van der Waals surface area contributed by atoms with Crippen LogP contribution in [0.5, 0.6) is 5.75 Å². The Bertz CT molecular complexity index is 1010. The van der Waals surface area contributed by atoms with Crippen molar-refractivity contribution in [2.45, 2.75) is 13.0 Å². The summed E-state index contributed by atoms with van der Waals surface area (Å²) in [7, 11) is 0. The summed E-state index contributed by atoms with van der Waals surface area (Å²) in [5, 5.41) is 3.51. The lowest BCUT2D eigenvalue weighted by molar-refractivity contribution is -0.115. The predicted octanol–water partition coefficient (Wildman–Crippen LogP) is 5.06. The Kier molecular flexibility index (Phi) is 5.12. The molecule has 0 radical (unpaired) electrons. The van der Waals surface area contributed by atoms with Crippen LogP contribution in [0.3, 0.4) is 0 Å². The van der Waals surface area contributed by atoms with Gasteiger partial charge < -0.3 is 10.1 Å². The Morgan fingerprint density at radius 2 is 1.63 bits per heavy atom. The molecule has 0 bridgehead atoms. The van der Waals surface area contributed by atoms with Gasteiger partial charge in [-0.2, -0.15) is 0 Å². The second-order valence-corrected chi connectivity index (χ2v) is 7.16. The highest BCUT2D eigenvalue weighted by molar-refractivity contribution is 7.22. The molecule has 0 saturated carbocycles. The van der Waals surface area contributed by atoms with E-state index in [1.807, 2.05) is 78.9 Å². The number of nitrogens with zero attached hydrogens (tertiary/aromatic N) is 1. The lowest BCUT2D eigenvalue weighted by atomic mass is 10.1. The van der Waals surface area contributed by atoms with Crippen molar-refractivity contribution in [3.8, 4) is 5.75 Å². The monoisotopic (exact) mass is 374 g/mol. The number of ether oxygens (including phenoxy) is 1. The number of carbonyl (C=O) groups is 1. The number of benzene rings is 3. The molecule has 4 aromatic rings. The van der Waals surface area contributed by atoms with Gasteiger partial charge in [-0.25, -0.2) is 4.98 Å². The number of para-hydroxylation sites is 1. The summed E-state index contributed by atoms with van der Waals surface area (Å²) in [5.41, 5.74) is 2.95. The number of fused-ring (bicyclic) bond motifs is 1. The van der Waals surface area contributed by atoms with Gasteiger partial charge in [0.1, 0.15) is 12.4 Å². The number of aromatic nitrogens is 1. The Morgan fingerprint density at radius 3 is 2.41 bits per heavy atom. The highest BCUT2D eigenvalue weighted by atomic mass is 32.1. The van der Waals surface area contributed by atoms with Crippen molar-refractivity contribution in [2.24, 2.45) is 0 Å². The van der Waals surface area contributed by atoms with E-state index >= 15 is 0 Å². The van der Waals surface area contributed by atoms with Crippen molar-refractivity contribution in [3.63, 3.8) is 0 Å². The third-order valence-electron chi connectivity index (χ3n) is 4.08. The van der Waals surface area contributed by atoms with Crippen LogP contribution in [0.1, 0.15) is 11.1 Å². The third-order valence-corrected chi connectivity index (χ3v) is 5.03. The Morgan fingerprint density at radius 1 is 0.889 bits per heavy atom. The van der Waals surface area contributed by atoms with Crippen LogP contribution in [0.4, 0.5) is 5.13 Å². The summed E-state index contributed by atoms with van der Waals surface area (Å²) in [6, 6.07) is 25.5. The molecule has 0 aliphatic rings. The van der Waals surface area contributed by atoms with Crippen molar-refractivity contribution < 1.29 is 9.53 Å². The van der Waals surface area contributed by atoms with Crippen molar-refractivity contribution in [2.75, 3.05) is 5.32 Å². The van der Waals surface area contributed by atoms with Gasteiger partial charge in [0.25, 0.3) is 0 Å². The summed E-state index contributed by atoms with van der Waals surface area (Å²) in [6.45, 7) is 0.526. The van der Waals surface area contributed by atoms with Gasteiger partial charge in [0.05, 0.1) is 16.6 Å². The third kappa shape index (κ3) is 4.51. The molecule has 27 heavy (non-hydrogen) atoms. The van der Waals surface area contributed by atoms with Crippen LogP contribution in [0.15, 0.2) is 78.9 Å². The molecule has 0 spiro atoms. The number of amides is 1. The topological polar surface area (TPSA) is 51.2 Å². The maximum absolute atomic E-state index is 12.3.